The lowest BCUT2D eigenvalue weighted by atomic mass is 10.2. The molecule has 7 nitrogen and oxygen atoms in total. The number of ether oxygens (including phenoxy) is 1. The Hall–Kier alpha value is -2.25. The van der Waals surface area contributed by atoms with Crippen molar-refractivity contribution in [1.29, 1.82) is 0 Å². The third-order valence-corrected chi connectivity index (χ3v) is 3.38. The maximum atomic E-state index is 12.0. The van der Waals surface area contributed by atoms with Crippen LogP contribution >= 0.6 is 0 Å². The van der Waals surface area contributed by atoms with E-state index in [2.05, 4.69) is 16.0 Å². The smallest absolute Gasteiger partial charge is 0.351 e. The summed E-state index contributed by atoms with van der Waals surface area (Å²) in [7, 11) is 1.50. The summed E-state index contributed by atoms with van der Waals surface area (Å²) in [6.07, 6.45) is 0.430. The van der Waals surface area contributed by atoms with Gasteiger partial charge >= 0.3 is 11.9 Å². The van der Waals surface area contributed by atoms with Gasteiger partial charge in [-0.25, -0.2) is 9.59 Å². The van der Waals surface area contributed by atoms with Crippen LogP contribution in [-0.2, 0) is 14.3 Å². The minimum absolute atomic E-state index is 0.416. The number of likely N-dealkylation sites (N-methyl/N-ethyl adjacent to an activating group) is 1. The summed E-state index contributed by atoms with van der Waals surface area (Å²) in [6, 6.07) is 8.02. The van der Waals surface area contributed by atoms with Gasteiger partial charge in [-0.1, -0.05) is 18.2 Å². The van der Waals surface area contributed by atoms with E-state index < -0.39 is 30.1 Å². The summed E-state index contributed by atoms with van der Waals surface area (Å²) in [5.41, 5.74) is 0.416. The molecular formula is C15H19N3O4. The van der Waals surface area contributed by atoms with Crippen LogP contribution < -0.4 is 16.0 Å². The van der Waals surface area contributed by atoms with E-state index in [-0.39, 0.29) is 0 Å². The molecule has 0 radical (unpaired) electrons. The number of nitrogens with one attached hydrogen (secondary N) is 3. The van der Waals surface area contributed by atoms with Crippen LogP contribution in [0.15, 0.2) is 30.3 Å². The second-order valence-corrected chi connectivity index (χ2v) is 4.95. The van der Waals surface area contributed by atoms with E-state index in [4.69, 9.17) is 4.74 Å². The number of amides is 1. The fourth-order valence-corrected chi connectivity index (χ4v) is 2.17. The minimum atomic E-state index is -1.09. The van der Waals surface area contributed by atoms with E-state index in [1.807, 2.05) is 0 Å². The van der Waals surface area contributed by atoms with Crippen molar-refractivity contribution in [1.82, 2.24) is 16.0 Å². The maximum absolute atomic E-state index is 12.0. The number of esters is 2. The molecule has 1 aliphatic heterocycles. The van der Waals surface area contributed by atoms with Gasteiger partial charge in [0.15, 0.2) is 6.17 Å². The number of carbonyl (C=O) groups is 3. The molecule has 1 aromatic rings. The van der Waals surface area contributed by atoms with Gasteiger partial charge in [-0.15, -0.1) is 0 Å². The van der Waals surface area contributed by atoms with Crippen molar-refractivity contribution in [3.63, 3.8) is 0 Å². The molecule has 2 atom stereocenters. The summed E-state index contributed by atoms with van der Waals surface area (Å²) >= 11 is 0. The van der Waals surface area contributed by atoms with Crippen LogP contribution in [0.4, 0.5) is 0 Å². The third kappa shape index (κ3) is 4.12. The first kappa shape index (κ1) is 16.1. The number of hydrogen-bond acceptors (Lipinski definition) is 6. The Kier molecular flexibility index (Phi) is 5.62. The molecule has 1 aromatic carbocycles. The van der Waals surface area contributed by atoms with Crippen molar-refractivity contribution < 1.29 is 19.1 Å². The fourth-order valence-electron chi connectivity index (χ4n) is 2.17. The lowest BCUT2D eigenvalue weighted by Crippen LogP contribution is -2.51. The first-order chi connectivity index (χ1) is 10.6. The summed E-state index contributed by atoms with van der Waals surface area (Å²) in [6.45, 7) is 0.730. The lowest BCUT2D eigenvalue weighted by Gasteiger charge is -2.17. The zero-order valence-corrected chi connectivity index (χ0v) is 12.3. The zero-order valence-electron chi connectivity index (χ0n) is 12.3. The third-order valence-electron chi connectivity index (χ3n) is 3.38. The van der Waals surface area contributed by atoms with Crippen molar-refractivity contribution in [3.8, 4) is 0 Å². The Morgan fingerprint density at radius 2 is 2.00 bits per heavy atom. The van der Waals surface area contributed by atoms with Crippen LogP contribution in [0.25, 0.3) is 0 Å². The summed E-state index contributed by atoms with van der Waals surface area (Å²) in [5, 5.41) is 8.05. The van der Waals surface area contributed by atoms with Crippen LogP contribution in [0.5, 0.6) is 0 Å². The maximum Gasteiger partial charge on any atom is 0.351 e. The van der Waals surface area contributed by atoms with E-state index in [1.54, 1.807) is 30.3 Å². The Morgan fingerprint density at radius 3 is 2.59 bits per heavy atom. The van der Waals surface area contributed by atoms with Crippen LogP contribution in [-0.4, -0.2) is 43.6 Å². The minimum Gasteiger partial charge on any atom is -0.389 e. The summed E-state index contributed by atoms with van der Waals surface area (Å²) in [5.74, 6) is -1.87. The zero-order chi connectivity index (χ0) is 15.9. The molecule has 22 heavy (non-hydrogen) atoms. The highest BCUT2D eigenvalue weighted by atomic mass is 16.6. The molecule has 1 amide bonds. The molecule has 118 valence electrons. The number of rotatable bonds is 5. The highest BCUT2D eigenvalue weighted by Gasteiger charge is 2.29. The average molecular weight is 305 g/mol. The molecule has 2 rings (SSSR count). The van der Waals surface area contributed by atoms with E-state index >= 15 is 0 Å². The Morgan fingerprint density at radius 1 is 1.27 bits per heavy atom. The van der Waals surface area contributed by atoms with Gasteiger partial charge in [0.1, 0.15) is 6.04 Å². The normalized spacial score (nSPS) is 18.5. The Balaban J connectivity index is 1.91. The van der Waals surface area contributed by atoms with Gasteiger partial charge in [0.05, 0.1) is 0 Å². The van der Waals surface area contributed by atoms with E-state index in [0.29, 0.717) is 12.0 Å². The Labute approximate surface area is 128 Å². The highest BCUT2D eigenvalue weighted by molar-refractivity contribution is 5.98. The molecule has 1 fully saturated rings. The molecule has 7 heteroatoms. The van der Waals surface area contributed by atoms with Gasteiger partial charge in [-0.2, -0.15) is 0 Å². The topological polar surface area (TPSA) is 96.5 Å². The molecule has 1 aliphatic rings. The first-order valence-corrected chi connectivity index (χ1v) is 7.14. The van der Waals surface area contributed by atoms with Crippen molar-refractivity contribution in [2.75, 3.05) is 13.6 Å². The summed E-state index contributed by atoms with van der Waals surface area (Å²) < 4.78 is 4.81. The molecule has 1 saturated heterocycles. The van der Waals surface area contributed by atoms with Crippen molar-refractivity contribution in [3.05, 3.63) is 35.9 Å². The van der Waals surface area contributed by atoms with E-state index in [9.17, 15) is 14.4 Å². The van der Waals surface area contributed by atoms with Crippen LogP contribution in [0.1, 0.15) is 23.2 Å². The van der Waals surface area contributed by atoms with Gasteiger partial charge in [0.25, 0.3) is 5.91 Å². The van der Waals surface area contributed by atoms with Gasteiger partial charge < -0.3 is 15.4 Å². The van der Waals surface area contributed by atoms with Crippen molar-refractivity contribution in [2.45, 2.75) is 25.0 Å². The summed E-state index contributed by atoms with van der Waals surface area (Å²) in [4.78, 5) is 35.8. The SMILES string of the molecule is CNC(NC(=O)c1ccccc1)C(=O)OC(=O)C1CCCN1. The largest absolute Gasteiger partial charge is 0.389 e. The number of hydrogen-bond donors (Lipinski definition) is 3. The number of carbonyl (C=O) groups excluding carboxylic acids is 3. The monoisotopic (exact) mass is 305 g/mol. The van der Waals surface area contributed by atoms with Crippen LogP contribution in [0.2, 0.25) is 0 Å². The first-order valence-electron chi connectivity index (χ1n) is 7.14. The second kappa shape index (κ2) is 7.67. The molecule has 0 aromatic heterocycles. The molecular weight excluding hydrogens is 286 g/mol. The average Bonchev–Trinajstić information content (AvgIpc) is 3.07. The van der Waals surface area contributed by atoms with Gasteiger partial charge in [-0.05, 0) is 38.6 Å². The van der Waals surface area contributed by atoms with Gasteiger partial charge in [0, 0.05) is 5.56 Å². The van der Waals surface area contributed by atoms with Crippen molar-refractivity contribution >= 4 is 17.8 Å². The Bertz CT molecular complexity index is 541. The molecule has 3 N–H and O–H groups in total. The predicted molar refractivity (Wildman–Crippen MR) is 78.9 cm³/mol. The molecule has 2 unspecified atom stereocenters. The number of benzene rings is 1. The van der Waals surface area contributed by atoms with Crippen LogP contribution in [0.3, 0.4) is 0 Å². The fraction of sp³-hybridized carbons (Fsp3) is 0.400. The molecule has 1 heterocycles. The van der Waals surface area contributed by atoms with Gasteiger partial charge in [0.2, 0.25) is 0 Å². The highest BCUT2D eigenvalue weighted by Crippen LogP contribution is 2.07. The molecule has 0 bridgehead atoms. The second-order valence-electron chi connectivity index (χ2n) is 4.95. The molecule has 0 spiro atoms. The van der Waals surface area contributed by atoms with Gasteiger partial charge in [-0.3, -0.25) is 10.1 Å². The molecule has 0 saturated carbocycles. The lowest BCUT2D eigenvalue weighted by molar-refractivity contribution is -0.162. The quantitative estimate of drug-likeness (QED) is 0.395. The standard InChI is InChI=1S/C15H19N3O4/c1-16-12(18-13(19)10-6-3-2-4-7-10)15(21)22-14(20)11-8-5-9-17-11/h2-4,6-7,11-12,16-17H,5,8-9H2,1H3,(H,18,19). The van der Waals surface area contributed by atoms with Crippen molar-refractivity contribution in [2.24, 2.45) is 0 Å². The van der Waals surface area contributed by atoms with E-state index in [1.165, 1.54) is 7.05 Å². The predicted octanol–water partition coefficient (Wildman–Crippen LogP) is -0.216. The van der Waals surface area contributed by atoms with Crippen LogP contribution in [0, 0.1) is 0 Å². The van der Waals surface area contributed by atoms with E-state index in [0.717, 1.165) is 13.0 Å². The molecule has 0 aliphatic carbocycles.